The maximum Gasteiger partial charge on any atom is 0.273 e. The fraction of sp³-hybridized carbons (Fsp3) is 0.214. The lowest BCUT2D eigenvalue weighted by Crippen LogP contribution is -2.31. The highest BCUT2D eigenvalue weighted by atomic mass is 79.9. The first-order valence-electron chi connectivity index (χ1n) is 6.40. The number of fused-ring (bicyclic) bond motifs is 1. The molecule has 0 aliphatic carbocycles. The number of carbonyl (C=O) groups is 1. The molecule has 1 aliphatic heterocycles. The van der Waals surface area contributed by atoms with Crippen molar-refractivity contribution in [3.05, 3.63) is 45.7 Å². The van der Waals surface area contributed by atoms with Crippen molar-refractivity contribution in [3.63, 3.8) is 0 Å². The molecule has 0 saturated carbocycles. The van der Waals surface area contributed by atoms with Gasteiger partial charge in [-0.1, -0.05) is 12.1 Å². The molecule has 1 aliphatic rings. The van der Waals surface area contributed by atoms with E-state index in [0.717, 1.165) is 3.79 Å². The van der Waals surface area contributed by atoms with E-state index in [1.807, 2.05) is 0 Å². The van der Waals surface area contributed by atoms with Gasteiger partial charge in [-0.15, -0.1) is 11.3 Å². The molecular formula is C14H12BrNO3S2. The summed E-state index contributed by atoms with van der Waals surface area (Å²) in [6.07, 6.45) is 0.899. The highest BCUT2D eigenvalue weighted by Crippen LogP contribution is 2.34. The van der Waals surface area contributed by atoms with Crippen LogP contribution in [0.5, 0.6) is 0 Å². The van der Waals surface area contributed by atoms with Crippen LogP contribution in [-0.2, 0) is 10.0 Å². The monoisotopic (exact) mass is 385 g/mol. The summed E-state index contributed by atoms with van der Waals surface area (Å²) < 4.78 is 28.0. The van der Waals surface area contributed by atoms with Crippen molar-refractivity contribution in [1.82, 2.24) is 0 Å². The Kier molecular flexibility index (Phi) is 3.90. The Morgan fingerprint density at radius 3 is 2.62 bits per heavy atom. The average molecular weight is 386 g/mol. The van der Waals surface area contributed by atoms with Crippen LogP contribution in [0.1, 0.15) is 23.2 Å². The van der Waals surface area contributed by atoms with Gasteiger partial charge in [0.25, 0.3) is 10.0 Å². The average Bonchev–Trinajstić information content (AvgIpc) is 2.83. The van der Waals surface area contributed by atoms with Crippen molar-refractivity contribution in [3.8, 4) is 0 Å². The molecule has 2 heterocycles. The molecule has 0 atom stereocenters. The summed E-state index contributed by atoms with van der Waals surface area (Å²) in [6.45, 7) is 0.320. The number of hydrogen-bond donors (Lipinski definition) is 0. The second-order valence-corrected chi connectivity index (χ2v) is 9.23. The van der Waals surface area contributed by atoms with Crippen LogP contribution in [0.15, 0.2) is 44.4 Å². The first-order valence-corrected chi connectivity index (χ1v) is 9.45. The van der Waals surface area contributed by atoms with E-state index >= 15 is 0 Å². The smallest absolute Gasteiger partial charge is 0.273 e. The molecule has 1 aromatic carbocycles. The Balaban J connectivity index is 2.14. The van der Waals surface area contributed by atoms with Crippen LogP contribution in [-0.4, -0.2) is 20.7 Å². The van der Waals surface area contributed by atoms with Gasteiger partial charge in [0.15, 0.2) is 5.78 Å². The van der Waals surface area contributed by atoms with Crippen molar-refractivity contribution in [2.24, 2.45) is 0 Å². The van der Waals surface area contributed by atoms with Crippen LogP contribution in [0.2, 0.25) is 0 Å². The van der Waals surface area contributed by atoms with Crippen LogP contribution in [0.3, 0.4) is 0 Å². The number of benzene rings is 1. The van der Waals surface area contributed by atoms with Gasteiger partial charge in [-0.05, 0) is 46.6 Å². The van der Waals surface area contributed by atoms with E-state index in [1.165, 1.54) is 15.6 Å². The lowest BCUT2D eigenvalue weighted by atomic mass is 10.1. The summed E-state index contributed by atoms with van der Waals surface area (Å²) in [4.78, 5) is 12.1. The zero-order valence-corrected chi connectivity index (χ0v) is 14.2. The molecule has 0 bridgehead atoms. The molecule has 2 aromatic rings. The Labute approximate surface area is 135 Å². The van der Waals surface area contributed by atoms with Crippen LogP contribution in [0.4, 0.5) is 5.69 Å². The number of rotatable bonds is 2. The fourth-order valence-electron chi connectivity index (χ4n) is 2.36. The third-order valence-corrected chi connectivity index (χ3v) is 7.24. The molecule has 110 valence electrons. The minimum absolute atomic E-state index is 0.00402. The number of ketones is 1. The molecule has 3 rings (SSSR count). The minimum Gasteiger partial charge on any atom is -0.294 e. The van der Waals surface area contributed by atoms with Crippen LogP contribution in [0, 0.1) is 0 Å². The standard InChI is InChI=1S/C14H12BrNO3S2/c15-13-7-8-14(20-13)21(18,19)16-9-3-6-12(17)10-4-1-2-5-11(10)16/h1-2,4-5,7-8H,3,6,9H2. The number of sulfonamides is 1. The number of carbonyl (C=O) groups excluding carboxylic acids is 1. The number of hydrogen-bond acceptors (Lipinski definition) is 4. The van der Waals surface area contributed by atoms with Gasteiger partial charge in [0.1, 0.15) is 4.21 Å². The molecule has 0 radical (unpaired) electrons. The molecule has 0 fully saturated rings. The Bertz CT molecular complexity index is 798. The second-order valence-electron chi connectivity index (χ2n) is 4.68. The molecule has 0 N–H and O–H groups in total. The zero-order valence-electron chi connectivity index (χ0n) is 11.0. The summed E-state index contributed by atoms with van der Waals surface area (Å²) in [7, 11) is -3.63. The third kappa shape index (κ3) is 2.65. The molecule has 0 amide bonds. The summed E-state index contributed by atoms with van der Waals surface area (Å²) in [5.41, 5.74) is 0.957. The van der Waals surface area contributed by atoms with Gasteiger partial charge < -0.3 is 0 Å². The molecule has 0 unspecified atom stereocenters. The SMILES string of the molecule is O=C1CCCN(S(=O)(=O)c2ccc(Br)s2)c2ccccc21. The quantitative estimate of drug-likeness (QED) is 0.791. The van der Waals surface area contributed by atoms with Gasteiger partial charge in [-0.25, -0.2) is 8.42 Å². The van der Waals surface area contributed by atoms with Crippen LogP contribution >= 0.6 is 27.3 Å². The van der Waals surface area contributed by atoms with Crippen molar-refractivity contribution >= 4 is 48.8 Å². The number of Topliss-reactive ketones (excluding diaryl/α,β-unsaturated/α-hetero) is 1. The third-order valence-electron chi connectivity index (χ3n) is 3.33. The summed E-state index contributed by atoms with van der Waals surface area (Å²) in [6, 6.07) is 10.2. The minimum atomic E-state index is -3.63. The predicted molar refractivity (Wildman–Crippen MR) is 86.6 cm³/mol. The normalized spacial score (nSPS) is 15.7. The molecule has 7 heteroatoms. The Hall–Kier alpha value is -1.18. The maximum atomic E-state index is 12.8. The van der Waals surface area contributed by atoms with E-state index < -0.39 is 10.0 Å². The van der Waals surface area contributed by atoms with Gasteiger partial charge >= 0.3 is 0 Å². The topological polar surface area (TPSA) is 54.5 Å². The summed E-state index contributed by atoms with van der Waals surface area (Å²) >= 11 is 4.46. The molecule has 1 aromatic heterocycles. The lowest BCUT2D eigenvalue weighted by Gasteiger charge is -2.23. The van der Waals surface area contributed by atoms with E-state index in [1.54, 1.807) is 36.4 Å². The van der Waals surface area contributed by atoms with E-state index in [4.69, 9.17) is 0 Å². The van der Waals surface area contributed by atoms with Gasteiger partial charge in [-0.3, -0.25) is 9.10 Å². The number of anilines is 1. The fourth-order valence-corrected chi connectivity index (χ4v) is 6.01. The van der Waals surface area contributed by atoms with Crippen LogP contribution < -0.4 is 4.31 Å². The number of nitrogens with zero attached hydrogens (tertiary/aromatic N) is 1. The molecule has 0 saturated heterocycles. The first-order chi connectivity index (χ1) is 10.00. The van der Waals surface area contributed by atoms with Gasteiger partial charge in [0.05, 0.1) is 9.47 Å². The van der Waals surface area contributed by atoms with Crippen molar-refractivity contribution in [1.29, 1.82) is 0 Å². The molecule has 0 spiro atoms. The van der Waals surface area contributed by atoms with E-state index in [2.05, 4.69) is 15.9 Å². The molecule has 21 heavy (non-hydrogen) atoms. The van der Waals surface area contributed by atoms with Crippen molar-refractivity contribution < 1.29 is 13.2 Å². The van der Waals surface area contributed by atoms with Crippen molar-refractivity contribution in [2.75, 3.05) is 10.8 Å². The van der Waals surface area contributed by atoms with Gasteiger partial charge in [-0.2, -0.15) is 0 Å². The van der Waals surface area contributed by atoms with Gasteiger partial charge in [0, 0.05) is 18.5 Å². The second kappa shape index (κ2) is 5.55. The number of para-hydroxylation sites is 1. The number of halogens is 1. The largest absolute Gasteiger partial charge is 0.294 e. The van der Waals surface area contributed by atoms with Gasteiger partial charge in [0.2, 0.25) is 0 Å². The van der Waals surface area contributed by atoms with E-state index in [-0.39, 0.29) is 9.99 Å². The molecule has 4 nitrogen and oxygen atoms in total. The van der Waals surface area contributed by atoms with Crippen molar-refractivity contribution in [2.45, 2.75) is 17.1 Å². The Morgan fingerprint density at radius 2 is 1.90 bits per heavy atom. The molecular weight excluding hydrogens is 374 g/mol. The summed E-state index contributed by atoms with van der Waals surface area (Å²) in [5.74, 6) is -0.00402. The van der Waals surface area contributed by atoms with Crippen LogP contribution in [0.25, 0.3) is 0 Å². The Morgan fingerprint density at radius 1 is 1.14 bits per heavy atom. The highest BCUT2D eigenvalue weighted by molar-refractivity contribution is 9.11. The van der Waals surface area contributed by atoms with E-state index in [0.29, 0.717) is 30.6 Å². The summed E-state index contributed by atoms with van der Waals surface area (Å²) in [5, 5.41) is 0. The lowest BCUT2D eigenvalue weighted by molar-refractivity contribution is 0.0984. The predicted octanol–water partition coefficient (Wildman–Crippen LogP) is 3.68. The zero-order chi connectivity index (χ0) is 15.0. The highest BCUT2D eigenvalue weighted by Gasteiger charge is 2.31. The number of thiophene rings is 1. The first kappa shape index (κ1) is 14.7. The van der Waals surface area contributed by atoms with E-state index in [9.17, 15) is 13.2 Å². The maximum absolute atomic E-state index is 12.8.